The van der Waals surface area contributed by atoms with E-state index in [0.717, 1.165) is 11.1 Å². The second kappa shape index (κ2) is 8.19. The second-order valence-corrected chi connectivity index (χ2v) is 5.09. The molecule has 0 bridgehead atoms. The van der Waals surface area contributed by atoms with Crippen LogP contribution in [0.5, 0.6) is 0 Å². The molecule has 2 N–H and O–H groups in total. The number of carbonyl (C=O) groups is 3. The maximum absolute atomic E-state index is 12.1. The van der Waals surface area contributed by atoms with Crippen molar-refractivity contribution in [3.8, 4) is 0 Å². The topological polar surface area (TPSA) is 83.5 Å². The molecule has 0 atom stereocenters. The Morgan fingerprint density at radius 3 is 2.48 bits per heavy atom. The maximum Gasteiger partial charge on any atom is 0.303 e. The lowest BCUT2D eigenvalue weighted by atomic mass is 9.99. The van der Waals surface area contributed by atoms with Crippen LogP contribution in [0.3, 0.4) is 0 Å². The quantitative estimate of drug-likeness (QED) is 0.568. The fraction of sp³-hybridized carbons (Fsp3) is 0.438. The zero-order valence-electron chi connectivity index (χ0n) is 12.4. The number of carboxylic acid groups (broad SMARTS) is 1. The summed E-state index contributed by atoms with van der Waals surface area (Å²) in [5, 5.41) is 11.1. The van der Waals surface area contributed by atoms with Crippen molar-refractivity contribution < 1.29 is 19.5 Å². The van der Waals surface area contributed by atoms with E-state index in [1.807, 2.05) is 32.0 Å². The van der Waals surface area contributed by atoms with Gasteiger partial charge < -0.3 is 10.4 Å². The minimum Gasteiger partial charge on any atom is -0.481 e. The van der Waals surface area contributed by atoms with Crippen molar-refractivity contribution in [2.24, 2.45) is 0 Å². The minimum absolute atomic E-state index is 0.0295. The molecule has 0 aliphatic carbocycles. The molecule has 0 unspecified atom stereocenters. The first-order valence-corrected chi connectivity index (χ1v) is 6.99. The van der Waals surface area contributed by atoms with E-state index < -0.39 is 5.97 Å². The van der Waals surface area contributed by atoms with Crippen LogP contribution in [-0.2, 0) is 9.59 Å². The molecule has 21 heavy (non-hydrogen) atoms. The number of hydrogen-bond acceptors (Lipinski definition) is 3. The van der Waals surface area contributed by atoms with Gasteiger partial charge in [0, 0.05) is 31.4 Å². The molecule has 0 heterocycles. The van der Waals surface area contributed by atoms with Crippen molar-refractivity contribution in [1.29, 1.82) is 0 Å². The predicted molar refractivity (Wildman–Crippen MR) is 79.4 cm³/mol. The zero-order valence-corrected chi connectivity index (χ0v) is 12.4. The van der Waals surface area contributed by atoms with Gasteiger partial charge in [0.15, 0.2) is 5.78 Å². The van der Waals surface area contributed by atoms with Crippen molar-refractivity contribution in [1.82, 2.24) is 5.32 Å². The molecule has 5 nitrogen and oxygen atoms in total. The van der Waals surface area contributed by atoms with Gasteiger partial charge in [-0.3, -0.25) is 14.4 Å². The Kier molecular flexibility index (Phi) is 6.59. The summed E-state index contributed by atoms with van der Waals surface area (Å²) in [6, 6.07) is 5.68. The third-order valence-electron chi connectivity index (χ3n) is 3.16. The molecule has 0 aromatic heterocycles. The third-order valence-corrected chi connectivity index (χ3v) is 3.16. The van der Waals surface area contributed by atoms with E-state index in [0.29, 0.717) is 18.5 Å². The predicted octanol–water partition coefficient (Wildman–Crippen LogP) is 2.25. The third kappa shape index (κ3) is 6.21. The number of Topliss-reactive ketones (excluding diaryl/α,β-unsaturated/α-hetero) is 1. The monoisotopic (exact) mass is 291 g/mol. The molecule has 5 heteroatoms. The molecule has 0 fully saturated rings. The smallest absolute Gasteiger partial charge is 0.303 e. The summed E-state index contributed by atoms with van der Waals surface area (Å²) in [7, 11) is 0. The standard InChI is InChI=1S/C16H21NO4/c1-11-5-6-12(2)13(10-11)14(18)7-8-15(19)17-9-3-4-16(20)21/h5-6,10H,3-4,7-9H2,1-2H3,(H,17,19)(H,20,21). The van der Waals surface area contributed by atoms with Crippen LogP contribution in [0.1, 0.15) is 47.2 Å². The fourth-order valence-corrected chi connectivity index (χ4v) is 1.95. The van der Waals surface area contributed by atoms with Crippen molar-refractivity contribution in [3.05, 3.63) is 34.9 Å². The molecule has 0 saturated heterocycles. The largest absolute Gasteiger partial charge is 0.481 e. The van der Waals surface area contributed by atoms with Crippen LogP contribution >= 0.6 is 0 Å². The Morgan fingerprint density at radius 2 is 1.81 bits per heavy atom. The Hall–Kier alpha value is -2.17. The summed E-state index contributed by atoms with van der Waals surface area (Å²) in [6.45, 7) is 4.12. The van der Waals surface area contributed by atoms with Gasteiger partial charge in [-0.2, -0.15) is 0 Å². The van der Waals surface area contributed by atoms with Crippen LogP contribution in [0.2, 0.25) is 0 Å². The number of aryl methyl sites for hydroxylation is 2. The van der Waals surface area contributed by atoms with Crippen LogP contribution in [0.15, 0.2) is 18.2 Å². The molecule has 0 aliphatic heterocycles. The SMILES string of the molecule is Cc1ccc(C)c(C(=O)CCC(=O)NCCCC(=O)O)c1. The summed E-state index contributed by atoms with van der Waals surface area (Å²) < 4.78 is 0. The Labute approximate surface area is 124 Å². The summed E-state index contributed by atoms with van der Waals surface area (Å²) in [4.78, 5) is 34.0. The summed E-state index contributed by atoms with van der Waals surface area (Å²) in [5.74, 6) is -1.15. The summed E-state index contributed by atoms with van der Waals surface area (Å²) >= 11 is 0. The molecular weight excluding hydrogens is 270 g/mol. The van der Waals surface area contributed by atoms with Crippen LogP contribution in [0.4, 0.5) is 0 Å². The van der Waals surface area contributed by atoms with Crippen LogP contribution < -0.4 is 5.32 Å². The van der Waals surface area contributed by atoms with E-state index in [4.69, 9.17) is 5.11 Å². The minimum atomic E-state index is -0.880. The number of nitrogens with one attached hydrogen (secondary N) is 1. The summed E-state index contributed by atoms with van der Waals surface area (Å²) in [5.41, 5.74) is 2.59. The first-order chi connectivity index (χ1) is 9.90. The van der Waals surface area contributed by atoms with Gasteiger partial charge in [-0.15, -0.1) is 0 Å². The molecule has 1 aromatic rings. The van der Waals surface area contributed by atoms with E-state index in [2.05, 4.69) is 5.32 Å². The molecule has 0 radical (unpaired) electrons. The number of carbonyl (C=O) groups excluding carboxylic acids is 2. The highest BCUT2D eigenvalue weighted by Gasteiger charge is 2.11. The number of benzene rings is 1. The highest BCUT2D eigenvalue weighted by atomic mass is 16.4. The average Bonchev–Trinajstić information content (AvgIpc) is 2.43. The lowest BCUT2D eigenvalue weighted by Crippen LogP contribution is -2.25. The first kappa shape index (κ1) is 16.9. The van der Waals surface area contributed by atoms with Gasteiger partial charge in [-0.25, -0.2) is 0 Å². The summed E-state index contributed by atoms with van der Waals surface area (Å²) in [6.07, 6.45) is 0.710. The van der Waals surface area contributed by atoms with Crippen molar-refractivity contribution in [3.63, 3.8) is 0 Å². The highest BCUT2D eigenvalue weighted by molar-refractivity contribution is 5.99. The van der Waals surface area contributed by atoms with Crippen molar-refractivity contribution in [2.75, 3.05) is 6.54 Å². The number of carboxylic acids is 1. The van der Waals surface area contributed by atoms with Gasteiger partial charge in [0.1, 0.15) is 0 Å². The van der Waals surface area contributed by atoms with Gasteiger partial charge in [-0.1, -0.05) is 17.7 Å². The van der Waals surface area contributed by atoms with Crippen LogP contribution in [0, 0.1) is 13.8 Å². The molecule has 0 saturated carbocycles. The van der Waals surface area contributed by atoms with Crippen LogP contribution in [0.25, 0.3) is 0 Å². The molecule has 1 rings (SSSR count). The maximum atomic E-state index is 12.1. The number of hydrogen-bond donors (Lipinski definition) is 2. The Morgan fingerprint density at radius 1 is 1.10 bits per heavy atom. The first-order valence-electron chi connectivity index (χ1n) is 6.99. The second-order valence-electron chi connectivity index (χ2n) is 5.09. The van der Waals surface area contributed by atoms with Gasteiger partial charge >= 0.3 is 5.97 Å². The molecule has 0 aliphatic rings. The van der Waals surface area contributed by atoms with E-state index in [-0.39, 0.29) is 31.0 Å². The van der Waals surface area contributed by atoms with Gasteiger partial charge in [0.25, 0.3) is 0 Å². The zero-order chi connectivity index (χ0) is 15.8. The van der Waals surface area contributed by atoms with Gasteiger partial charge in [0.2, 0.25) is 5.91 Å². The molecule has 1 amide bonds. The van der Waals surface area contributed by atoms with E-state index in [1.165, 1.54) is 0 Å². The Bertz CT molecular complexity index is 537. The fourth-order valence-electron chi connectivity index (χ4n) is 1.95. The number of ketones is 1. The molecular formula is C16H21NO4. The number of rotatable bonds is 8. The van der Waals surface area contributed by atoms with Gasteiger partial charge in [0.05, 0.1) is 0 Å². The number of amides is 1. The van der Waals surface area contributed by atoms with Gasteiger partial charge in [-0.05, 0) is 31.9 Å². The number of aliphatic carboxylic acids is 1. The average molecular weight is 291 g/mol. The molecule has 0 spiro atoms. The lowest BCUT2D eigenvalue weighted by molar-refractivity contribution is -0.137. The molecule has 1 aromatic carbocycles. The Balaban J connectivity index is 2.37. The van der Waals surface area contributed by atoms with E-state index in [1.54, 1.807) is 0 Å². The lowest BCUT2D eigenvalue weighted by Gasteiger charge is -2.07. The molecule has 114 valence electrons. The normalized spacial score (nSPS) is 10.2. The van der Waals surface area contributed by atoms with Crippen LogP contribution in [-0.4, -0.2) is 29.3 Å². The van der Waals surface area contributed by atoms with Crippen molar-refractivity contribution in [2.45, 2.75) is 39.5 Å². The van der Waals surface area contributed by atoms with E-state index in [9.17, 15) is 14.4 Å². The highest BCUT2D eigenvalue weighted by Crippen LogP contribution is 2.13. The van der Waals surface area contributed by atoms with E-state index >= 15 is 0 Å². The van der Waals surface area contributed by atoms with Crippen molar-refractivity contribution >= 4 is 17.7 Å².